The molecule has 1 atom stereocenters. The number of amides is 1. The summed E-state index contributed by atoms with van der Waals surface area (Å²) < 4.78 is 10.7. The van der Waals surface area contributed by atoms with Crippen molar-refractivity contribution >= 4 is 29.3 Å². The van der Waals surface area contributed by atoms with Crippen molar-refractivity contribution in [3.63, 3.8) is 0 Å². The SMILES string of the molecule is O=C(NCc1c(Cl)cc(Cl)cc1CO)O[C@@H]1COc2ncccc21. The number of alkyl carbamates (subject to hydrolysis) is 1. The molecule has 0 unspecified atom stereocenters. The molecule has 24 heavy (non-hydrogen) atoms. The maximum Gasteiger partial charge on any atom is 0.408 e. The standard InChI is InChI=1S/C16H14Cl2N2O4/c17-10-4-9(7-21)12(13(18)5-10)6-20-16(22)24-14-8-23-15-11(14)2-1-3-19-15/h1-5,14,21H,6-8H2,(H,20,22)/t14-/m1/s1. The van der Waals surface area contributed by atoms with E-state index in [1.807, 2.05) is 0 Å². The van der Waals surface area contributed by atoms with Gasteiger partial charge in [0.1, 0.15) is 6.61 Å². The highest BCUT2D eigenvalue weighted by Crippen LogP contribution is 2.32. The highest BCUT2D eigenvalue weighted by atomic mass is 35.5. The summed E-state index contributed by atoms with van der Waals surface area (Å²) in [4.78, 5) is 16.1. The van der Waals surface area contributed by atoms with E-state index < -0.39 is 12.2 Å². The quantitative estimate of drug-likeness (QED) is 0.865. The van der Waals surface area contributed by atoms with E-state index in [0.717, 1.165) is 5.56 Å². The molecule has 0 spiro atoms. The van der Waals surface area contributed by atoms with Gasteiger partial charge in [-0.2, -0.15) is 0 Å². The average molecular weight is 369 g/mol. The van der Waals surface area contributed by atoms with Gasteiger partial charge in [-0.1, -0.05) is 23.2 Å². The molecule has 1 aliphatic rings. The first-order valence-electron chi connectivity index (χ1n) is 7.18. The topological polar surface area (TPSA) is 80.7 Å². The maximum absolute atomic E-state index is 12.0. The van der Waals surface area contributed by atoms with Crippen molar-refractivity contribution in [2.24, 2.45) is 0 Å². The number of aliphatic hydroxyl groups excluding tert-OH is 1. The fraction of sp³-hybridized carbons (Fsp3) is 0.250. The van der Waals surface area contributed by atoms with Crippen LogP contribution in [0, 0.1) is 0 Å². The average Bonchev–Trinajstić information content (AvgIpc) is 2.96. The van der Waals surface area contributed by atoms with Crippen LogP contribution < -0.4 is 10.1 Å². The number of nitrogens with zero attached hydrogens (tertiary/aromatic N) is 1. The predicted molar refractivity (Wildman–Crippen MR) is 88.2 cm³/mol. The first kappa shape index (κ1) is 16.8. The number of pyridine rings is 1. The van der Waals surface area contributed by atoms with Gasteiger partial charge in [-0.3, -0.25) is 0 Å². The number of ether oxygens (including phenoxy) is 2. The van der Waals surface area contributed by atoms with Crippen LogP contribution in [0.4, 0.5) is 4.79 Å². The number of carbonyl (C=O) groups is 1. The molecule has 1 amide bonds. The van der Waals surface area contributed by atoms with E-state index in [1.165, 1.54) is 0 Å². The van der Waals surface area contributed by atoms with E-state index >= 15 is 0 Å². The van der Waals surface area contributed by atoms with Crippen LogP contribution in [0.5, 0.6) is 5.88 Å². The van der Waals surface area contributed by atoms with Crippen molar-refractivity contribution in [3.8, 4) is 5.88 Å². The minimum absolute atomic E-state index is 0.109. The first-order chi connectivity index (χ1) is 11.6. The number of hydrogen-bond donors (Lipinski definition) is 2. The molecular formula is C16H14Cl2N2O4. The zero-order valence-electron chi connectivity index (χ0n) is 12.5. The zero-order valence-corrected chi connectivity index (χ0v) is 14.0. The summed E-state index contributed by atoms with van der Waals surface area (Å²) in [7, 11) is 0. The van der Waals surface area contributed by atoms with Gasteiger partial charge < -0.3 is 19.9 Å². The van der Waals surface area contributed by atoms with Crippen molar-refractivity contribution in [2.75, 3.05) is 6.61 Å². The summed E-state index contributed by atoms with van der Waals surface area (Å²) in [5.74, 6) is 0.471. The van der Waals surface area contributed by atoms with Gasteiger partial charge in [-0.25, -0.2) is 9.78 Å². The van der Waals surface area contributed by atoms with E-state index in [9.17, 15) is 9.90 Å². The van der Waals surface area contributed by atoms with Crippen LogP contribution in [-0.4, -0.2) is 22.8 Å². The monoisotopic (exact) mass is 368 g/mol. The van der Waals surface area contributed by atoms with Crippen LogP contribution in [-0.2, 0) is 17.9 Å². The normalized spacial score (nSPS) is 15.5. The van der Waals surface area contributed by atoms with Crippen molar-refractivity contribution in [1.29, 1.82) is 0 Å². The Morgan fingerprint density at radius 2 is 2.29 bits per heavy atom. The summed E-state index contributed by atoms with van der Waals surface area (Å²) in [5, 5.41) is 12.8. The van der Waals surface area contributed by atoms with Crippen LogP contribution in [0.3, 0.4) is 0 Å². The fourth-order valence-corrected chi connectivity index (χ4v) is 3.04. The Bertz CT molecular complexity index is 770. The van der Waals surface area contributed by atoms with Gasteiger partial charge in [0.25, 0.3) is 0 Å². The minimum Gasteiger partial charge on any atom is -0.473 e. The molecule has 1 aliphatic heterocycles. The molecule has 0 saturated heterocycles. The molecule has 0 bridgehead atoms. The van der Waals surface area contributed by atoms with Gasteiger partial charge in [-0.05, 0) is 35.4 Å². The van der Waals surface area contributed by atoms with Gasteiger partial charge in [0.15, 0.2) is 6.10 Å². The number of halogens is 2. The Kier molecular flexibility index (Phi) is 5.08. The van der Waals surface area contributed by atoms with Crippen LogP contribution in [0.25, 0.3) is 0 Å². The molecule has 0 fully saturated rings. The number of aliphatic hydroxyl groups is 1. The Morgan fingerprint density at radius 3 is 3.08 bits per heavy atom. The molecule has 0 aliphatic carbocycles. The maximum atomic E-state index is 12.0. The van der Waals surface area contributed by atoms with Gasteiger partial charge in [0.2, 0.25) is 5.88 Å². The molecule has 1 aromatic heterocycles. The third-order valence-electron chi connectivity index (χ3n) is 3.60. The molecule has 2 N–H and O–H groups in total. The molecule has 1 aromatic carbocycles. The lowest BCUT2D eigenvalue weighted by Crippen LogP contribution is -2.26. The molecule has 126 valence electrons. The lowest BCUT2D eigenvalue weighted by Gasteiger charge is -2.14. The molecular weight excluding hydrogens is 355 g/mol. The second-order valence-electron chi connectivity index (χ2n) is 5.14. The zero-order chi connectivity index (χ0) is 17.1. The second kappa shape index (κ2) is 7.25. The summed E-state index contributed by atoms with van der Waals surface area (Å²) in [6.45, 7) is 0.101. The smallest absolute Gasteiger partial charge is 0.408 e. The second-order valence-corrected chi connectivity index (χ2v) is 5.98. The molecule has 8 heteroatoms. The number of rotatable bonds is 4. The van der Waals surface area contributed by atoms with Crippen molar-refractivity contribution in [3.05, 3.63) is 57.2 Å². The summed E-state index contributed by atoms with van der Waals surface area (Å²) in [6.07, 6.45) is 0.488. The molecule has 2 heterocycles. The van der Waals surface area contributed by atoms with Crippen LogP contribution >= 0.6 is 23.2 Å². The first-order valence-corrected chi connectivity index (χ1v) is 7.94. The lowest BCUT2D eigenvalue weighted by molar-refractivity contribution is 0.0821. The predicted octanol–water partition coefficient (Wildman–Crippen LogP) is 3.24. The largest absolute Gasteiger partial charge is 0.473 e. The number of hydrogen-bond acceptors (Lipinski definition) is 5. The summed E-state index contributed by atoms with van der Waals surface area (Å²) in [6, 6.07) is 6.70. The highest BCUT2D eigenvalue weighted by molar-refractivity contribution is 6.35. The molecule has 2 aromatic rings. The third kappa shape index (κ3) is 3.56. The molecule has 3 rings (SSSR count). The fourth-order valence-electron chi connectivity index (χ4n) is 2.44. The van der Waals surface area contributed by atoms with Crippen LogP contribution in [0.15, 0.2) is 30.5 Å². The van der Waals surface area contributed by atoms with Crippen LogP contribution in [0.2, 0.25) is 10.0 Å². The van der Waals surface area contributed by atoms with E-state index in [4.69, 9.17) is 32.7 Å². The van der Waals surface area contributed by atoms with E-state index in [-0.39, 0.29) is 19.8 Å². The van der Waals surface area contributed by atoms with Crippen molar-refractivity contribution in [1.82, 2.24) is 10.3 Å². The summed E-state index contributed by atoms with van der Waals surface area (Å²) >= 11 is 12.0. The molecule has 0 radical (unpaired) electrons. The Labute approximate surface area is 148 Å². The Hall–Kier alpha value is -2.02. The van der Waals surface area contributed by atoms with E-state index in [0.29, 0.717) is 27.1 Å². The van der Waals surface area contributed by atoms with Gasteiger partial charge in [-0.15, -0.1) is 0 Å². The van der Waals surface area contributed by atoms with E-state index in [2.05, 4.69) is 10.3 Å². The van der Waals surface area contributed by atoms with Crippen molar-refractivity contribution in [2.45, 2.75) is 19.3 Å². The third-order valence-corrected chi connectivity index (χ3v) is 4.16. The van der Waals surface area contributed by atoms with Gasteiger partial charge in [0, 0.05) is 22.8 Å². The van der Waals surface area contributed by atoms with Gasteiger partial charge in [0.05, 0.1) is 12.2 Å². The lowest BCUT2D eigenvalue weighted by atomic mass is 10.1. The number of aromatic nitrogens is 1. The van der Waals surface area contributed by atoms with Crippen molar-refractivity contribution < 1.29 is 19.4 Å². The highest BCUT2D eigenvalue weighted by Gasteiger charge is 2.28. The van der Waals surface area contributed by atoms with E-state index in [1.54, 1.807) is 30.5 Å². The number of nitrogens with one attached hydrogen (secondary N) is 1. The Morgan fingerprint density at radius 1 is 1.46 bits per heavy atom. The number of benzene rings is 1. The van der Waals surface area contributed by atoms with Crippen LogP contribution in [0.1, 0.15) is 22.8 Å². The molecule has 0 saturated carbocycles. The minimum atomic E-state index is -0.616. The summed E-state index contributed by atoms with van der Waals surface area (Å²) in [5.41, 5.74) is 1.87. The Balaban J connectivity index is 1.63. The number of carbonyl (C=O) groups excluding carboxylic acids is 1. The molecule has 6 nitrogen and oxygen atoms in total. The number of fused-ring (bicyclic) bond motifs is 1. The van der Waals surface area contributed by atoms with Gasteiger partial charge >= 0.3 is 6.09 Å².